The number of nitrogens with zero attached hydrogens (tertiary/aromatic N) is 3. The maximum atomic E-state index is 4.81. The molecule has 4 heteroatoms. The molecule has 3 fully saturated rings. The standard InChI is InChI=1S/C17H26N4/c1-12-15(8-18-16-6-7-16)9-19-17(20-12)21(10-13-2-3-13)11-14-4-5-14/h9,13-14,16,18H,2-8,10-11H2,1H3. The largest absolute Gasteiger partial charge is 0.340 e. The molecule has 0 amide bonds. The van der Waals surface area contributed by atoms with E-state index in [1.165, 1.54) is 44.1 Å². The number of rotatable bonds is 8. The Morgan fingerprint density at radius 1 is 1.10 bits per heavy atom. The van der Waals surface area contributed by atoms with E-state index in [1.54, 1.807) is 0 Å². The summed E-state index contributed by atoms with van der Waals surface area (Å²) in [6, 6.07) is 0.741. The van der Waals surface area contributed by atoms with Gasteiger partial charge in [0.2, 0.25) is 5.95 Å². The number of hydrogen-bond donors (Lipinski definition) is 1. The Balaban J connectivity index is 1.44. The third kappa shape index (κ3) is 3.73. The van der Waals surface area contributed by atoms with Gasteiger partial charge in [0.1, 0.15) is 0 Å². The van der Waals surface area contributed by atoms with Crippen LogP contribution in [0.3, 0.4) is 0 Å². The Labute approximate surface area is 127 Å². The van der Waals surface area contributed by atoms with Crippen LogP contribution in [0.2, 0.25) is 0 Å². The lowest BCUT2D eigenvalue weighted by atomic mass is 10.2. The van der Waals surface area contributed by atoms with Gasteiger partial charge in [0, 0.05) is 43.1 Å². The van der Waals surface area contributed by atoms with E-state index in [0.717, 1.165) is 49.2 Å². The van der Waals surface area contributed by atoms with Gasteiger partial charge in [-0.15, -0.1) is 0 Å². The van der Waals surface area contributed by atoms with Crippen LogP contribution in [0.5, 0.6) is 0 Å². The molecule has 4 nitrogen and oxygen atoms in total. The van der Waals surface area contributed by atoms with Crippen LogP contribution >= 0.6 is 0 Å². The molecule has 0 aromatic carbocycles. The maximum absolute atomic E-state index is 4.81. The van der Waals surface area contributed by atoms with E-state index < -0.39 is 0 Å². The van der Waals surface area contributed by atoms with Crippen molar-refractivity contribution in [1.29, 1.82) is 0 Å². The Bertz CT molecular complexity index is 490. The highest BCUT2D eigenvalue weighted by Crippen LogP contribution is 2.35. The van der Waals surface area contributed by atoms with Crippen LogP contribution in [0, 0.1) is 18.8 Å². The fraction of sp³-hybridized carbons (Fsp3) is 0.765. The summed E-state index contributed by atoms with van der Waals surface area (Å²) in [4.78, 5) is 11.9. The predicted molar refractivity (Wildman–Crippen MR) is 84.3 cm³/mol. The molecule has 0 saturated heterocycles. The van der Waals surface area contributed by atoms with Gasteiger partial charge in [-0.05, 0) is 57.3 Å². The van der Waals surface area contributed by atoms with E-state index in [4.69, 9.17) is 4.98 Å². The summed E-state index contributed by atoms with van der Waals surface area (Å²) in [6.45, 7) is 5.37. The second kappa shape index (κ2) is 5.56. The summed E-state index contributed by atoms with van der Waals surface area (Å²) in [5.41, 5.74) is 2.40. The molecule has 0 spiro atoms. The van der Waals surface area contributed by atoms with Crippen molar-refractivity contribution in [3.8, 4) is 0 Å². The second-order valence-corrected chi connectivity index (χ2v) is 7.23. The average molecular weight is 286 g/mol. The average Bonchev–Trinajstić information content (AvgIpc) is 3.34. The van der Waals surface area contributed by atoms with Crippen molar-refractivity contribution in [3.63, 3.8) is 0 Å². The van der Waals surface area contributed by atoms with Crippen LogP contribution in [-0.2, 0) is 6.54 Å². The van der Waals surface area contributed by atoms with Gasteiger partial charge >= 0.3 is 0 Å². The topological polar surface area (TPSA) is 41.1 Å². The molecular weight excluding hydrogens is 260 g/mol. The van der Waals surface area contributed by atoms with Gasteiger partial charge in [-0.3, -0.25) is 0 Å². The summed E-state index contributed by atoms with van der Waals surface area (Å²) >= 11 is 0. The zero-order valence-corrected chi connectivity index (χ0v) is 13.0. The van der Waals surface area contributed by atoms with Crippen molar-refractivity contribution >= 4 is 5.95 Å². The first-order valence-corrected chi connectivity index (χ1v) is 8.59. The summed E-state index contributed by atoms with van der Waals surface area (Å²) < 4.78 is 0. The van der Waals surface area contributed by atoms with E-state index in [9.17, 15) is 0 Å². The lowest BCUT2D eigenvalue weighted by Gasteiger charge is -2.23. The molecule has 114 valence electrons. The lowest BCUT2D eigenvalue weighted by molar-refractivity contribution is 0.652. The van der Waals surface area contributed by atoms with Crippen molar-refractivity contribution < 1.29 is 0 Å². The highest BCUT2D eigenvalue weighted by atomic mass is 15.3. The molecule has 1 aromatic heterocycles. The summed E-state index contributed by atoms with van der Waals surface area (Å²) in [5.74, 6) is 2.74. The minimum atomic E-state index is 0.741. The van der Waals surface area contributed by atoms with E-state index in [2.05, 4.69) is 22.1 Å². The number of aryl methyl sites for hydroxylation is 1. The molecule has 0 aliphatic heterocycles. The van der Waals surface area contributed by atoms with Gasteiger partial charge in [0.25, 0.3) is 0 Å². The molecule has 3 saturated carbocycles. The smallest absolute Gasteiger partial charge is 0.225 e. The normalized spacial score (nSPS) is 21.6. The monoisotopic (exact) mass is 286 g/mol. The third-order valence-electron chi connectivity index (χ3n) is 4.86. The molecule has 0 bridgehead atoms. The first kappa shape index (κ1) is 13.5. The first-order valence-electron chi connectivity index (χ1n) is 8.59. The van der Waals surface area contributed by atoms with Crippen molar-refractivity contribution in [3.05, 3.63) is 17.5 Å². The zero-order chi connectivity index (χ0) is 14.2. The van der Waals surface area contributed by atoms with Crippen molar-refractivity contribution in [1.82, 2.24) is 15.3 Å². The van der Waals surface area contributed by atoms with Crippen molar-refractivity contribution in [2.75, 3.05) is 18.0 Å². The van der Waals surface area contributed by atoms with Gasteiger partial charge in [-0.25, -0.2) is 9.97 Å². The van der Waals surface area contributed by atoms with Crippen LogP contribution in [0.25, 0.3) is 0 Å². The van der Waals surface area contributed by atoms with Gasteiger partial charge in [0.15, 0.2) is 0 Å². The molecule has 1 N–H and O–H groups in total. The SMILES string of the molecule is Cc1nc(N(CC2CC2)CC2CC2)ncc1CNC1CC1. The van der Waals surface area contributed by atoms with E-state index in [-0.39, 0.29) is 0 Å². The summed E-state index contributed by atoms with van der Waals surface area (Å²) in [6.07, 6.45) is 10.3. The number of anilines is 1. The highest BCUT2D eigenvalue weighted by molar-refractivity contribution is 5.34. The van der Waals surface area contributed by atoms with Gasteiger partial charge < -0.3 is 10.2 Å². The van der Waals surface area contributed by atoms with Crippen LogP contribution < -0.4 is 10.2 Å². The molecule has 4 rings (SSSR count). The van der Waals surface area contributed by atoms with Crippen molar-refractivity contribution in [2.45, 2.75) is 58.0 Å². The molecule has 0 unspecified atom stereocenters. The molecule has 0 atom stereocenters. The second-order valence-electron chi connectivity index (χ2n) is 7.23. The zero-order valence-electron chi connectivity index (χ0n) is 13.0. The highest BCUT2D eigenvalue weighted by Gasteiger charge is 2.30. The molecule has 21 heavy (non-hydrogen) atoms. The van der Waals surface area contributed by atoms with Gasteiger partial charge in [-0.2, -0.15) is 0 Å². The molecule has 3 aliphatic carbocycles. The molecule has 1 aromatic rings. The third-order valence-corrected chi connectivity index (χ3v) is 4.86. The van der Waals surface area contributed by atoms with E-state index in [0.29, 0.717) is 0 Å². The molecule has 1 heterocycles. The van der Waals surface area contributed by atoms with Crippen LogP contribution in [0.4, 0.5) is 5.95 Å². The lowest BCUT2D eigenvalue weighted by Crippen LogP contribution is -2.30. The fourth-order valence-corrected chi connectivity index (χ4v) is 2.81. The van der Waals surface area contributed by atoms with Gasteiger partial charge in [0.05, 0.1) is 0 Å². The number of nitrogens with one attached hydrogen (secondary N) is 1. The number of aromatic nitrogens is 2. The maximum Gasteiger partial charge on any atom is 0.225 e. The van der Waals surface area contributed by atoms with Crippen LogP contribution in [0.15, 0.2) is 6.20 Å². The number of hydrogen-bond acceptors (Lipinski definition) is 4. The Kier molecular flexibility index (Phi) is 3.57. The summed E-state index contributed by atoms with van der Waals surface area (Å²) in [5, 5.41) is 3.55. The van der Waals surface area contributed by atoms with Crippen LogP contribution in [-0.4, -0.2) is 29.1 Å². The molecule has 3 aliphatic rings. The first-order chi connectivity index (χ1) is 10.3. The predicted octanol–water partition coefficient (Wildman–Crippen LogP) is 2.66. The van der Waals surface area contributed by atoms with Crippen LogP contribution in [0.1, 0.15) is 49.8 Å². The van der Waals surface area contributed by atoms with E-state index in [1.807, 2.05) is 6.20 Å². The fourth-order valence-electron chi connectivity index (χ4n) is 2.81. The quantitative estimate of drug-likeness (QED) is 0.797. The summed E-state index contributed by atoms with van der Waals surface area (Å²) in [7, 11) is 0. The molecule has 0 radical (unpaired) electrons. The Hall–Kier alpha value is -1.16. The van der Waals surface area contributed by atoms with E-state index >= 15 is 0 Å². The minimum Gasteiger partial charge on any atom is -0.340 e. The van der Waals surface area contributed by atoms with Gasteiger partial charge in [-0.1, -0.05) is 0 Å². The van der Waals surface area contributed by atoms with Crippen molar-refractivity contribution in [2.24, 2.45) is 11.8 Å². The Morgan fingerprint density at radius 3 is 2.29 bits per heavy atom. The minimum absolute atomic E-state index is 0.741. The molecular formula is C17H26N4. The Morgan fingerprint density at radius 2 is 1.76 bits per heavy atom.